The van der Waals surface area contributed by atoms with Crippen molar-refractivity contribution in [1.82, 2.24) is 9.55 Å². The fraction of sp³-hybridized carbons (Fsp3) is 0.316. The molecule has 2 aromatic carbocycles. The quantitative estimate of drug-likeness (QED) is 0.665. The van der Waals surface area contributed by atoms with Crippen LogP contribution in [-0.2, 0) is 6.67 Å². The van der Waals surface area contributed by atoms with E-state index < -0.39 is 0 Å². The molecule has 0 unspecified atom stereocenters. The summed E-state index contributed by atoms with van der Waals surface area (Å²) in [6.45, 7) is 7.45. The Morgan fingerprint density at radius 3 is 2.36 bits per heavy atom. The molecule has 0 fully saturated rings. The Balaban J connectivity index is 0.00000225. The molecule has 25 heavy (non-hydrogen) atoms. The van der Waals surface area contributed by atoms with E-state index in [1.807, 2.05) is 24.3 Å². The summed E-state index contributed by atoms with van der Waals surface area (Å²) < 4.78 is 7.55. The van der Waals surface area contributed by atoms with Gasteiger partial charge in [-0.25, -0.2) is 4.98 Å². The standard InChI is InChI=1S/C19H22ClN3O.ClH/c1-4-22(5-2)13-23-18-11-8-15(20)12-17(18)21-19(23)14-6-9-16(24-3)10-7-14;/h6-12H,4-5,13H2,1-3H3;1H. The van der Waals surface area contributed by atoms with E-state index >= 15 is 0 Å². The smallest absolute Gasteiger partial charge is 0.158 e. The lowest BCUT2D eigenvalue weighted by Gasteiger charge is -2.18. The minimum absolute atomic E-state index is 0. The van der Waals surface area contributed by atoms with Gasteiger partial charge in [0.25, 0.3) is 0 Å². The van der Waals surface area contributed by atoms with E-state index in [0.717, 1.165) is 47.9 Å². The number of hydrogen-bond donors (Lipinski definition) is 1. The van der Waals surface area contributed by atoms with Crippen LogP contribution in [0.3, 0.4) is 0 Å². The molecule has 0 aliphatic carbocycles. The summed E-state index contributed by atoms with van der Waals surface area (Å²) in [5, 5.41) is 0.712. The van der Waals surface area contributed by atoms with Crippen LogP contribution in [0, 0.1) is 0 Å². The molecule has 1 N–H and O–H groups in total. The van der Waals surface area contributed by atoms with Crippen molar-refractivity contribution in [3.8, 4) is 17.1 Å². The monoisotopic (exact) mass is 379 g/mol. The highest BCUT2D eigenvalue weighted by Crippen LogP contribution is 2.27. The number of ether oxygens (including phenoxy) is 1. The van der Waals surface area contributed by atoms with Crippen molar-refractivity contribution in [2.75, 3.05) is 20.2 Å². The molecule has 0 radical (unpaired) electrons. The van der Waals surface area contributed by atoms with Gasteiger partial charge in [-0.1, -0.05) is 11.6 Å². The molecule has 0 atom stereocenters. The minimum Gasteiger partial charge on any atom is -1.00 e. The van der Waals surface area contributed by atoms with Gasteiger partial charge in [0.1, 0.15) is 11.6 Å². The second-order valence-electron chi connectivity index (χ2n) is 5.84. The summed E-state index contributed by atoms with van der Waals surface area (Å²) in [5.74, 6) is 1.81. The first-order chi connectivity index (χ1) is 11.7. The topological polar surface area (TPSA) is 31.5 Å². The number of quaternary nitrogens is 1. The average Bonchev–Trinajstić information content (AvgIpc) is 2.97. The van der Waals surface area contributed by atoms with Crippen LogP contribution in [0.1, 0.15) is 13.8 Å². The SMILES string of the molecule is CC[NH+](CC)Cn1c(-c2ccc(OC)cc2)nc2cc(Cl)ccc21.[Cl-]. The van der Waals surface area contributed by atoms with Gasteiger partial charge in [0.15, 0.2) is 6.67 Å². The van der Waals surface area contributed by atoms with Gasteiger partial charge in [-0.05, 0) is 56.3 Å². The molecule has 0 saturated carbocycles. The Hall–Kier alpha value is -1.75. The molecule has 3 aromatic rings. The molecular weight excluding hydrogens is 357 g/mol. The van der Waals surface area contributed by atoms with Crippen molar-refractivity contribution in [1.29, 1.82) is 0 Å². The first-order valence-corrected chi connectivity index (χ1v) is 8.67. The first kappa shape index (κ1) is 19.6. The zero-order valence-corrected chi connectivity index (χ0v) is 16.2. The third kappa shape index (κ3) is 4.09. The van der Waals surface area contributed by atoms with E-state index in [2.05, 4.69) is 36.6 Å². The van der Waals surface area contributed by atoms with Gasteiger partial charge in [0, 0.05) is 10.6 Å². The summed E-state index contributed by atoms with van der Waals surface area (Å²) in [4.78, 5) is 6.34. The summed E-state index contributed by atoms with van der Waals surface area (Å²) in [6, 6.07) is 14.0. The van der Waals surface area contributed by atoms with Crippen LogP contribution in [0.25, 0.3) is 22.4 Å². The number of halogens is 2. The van der Waals surface area contributed by atoms with E-state index in [1.165, 1.54) is 4.90 Å². The number of imidazole rings is 1. The van der Waals surface area contributed by atoms with E-state index in [1.54, 1.807) is 7.11 Å². The summed E-state index contributed by atoms with van der Waals surface area (Å²) in [7, 11) is 1.68. The molecule has 134 valence electrons. The third-order valence-electron chi connectivity index (χ3n) is 4.44. The number of benzene rings is 2. The lowest BCUT2D eigenvalue weighted by molar-refractivity contribution is -0.918. The molecule has 0 saturated heterocycles. The number of rotatable bonds is 6. The van der Waals surface area contributed by atoms with Crippen molar-refractivity contribution >= 4 is 22.6 Å². The lowest BCUT2D eigenvalue weighted by atomic mass is 10.2. The highest BCUT2D eigenvalue weighted by Gasteiger charge is 2.16. The molecule has 6 heteroatoms. The number of nitrogens with zero attached hydrogens (tertiary/aromatic N) is 2. The third-order valence-corrected chi connectivity index (χ3v) is 4.68. The lowest BCUT2D eigenvalue weighted by Crippen LogP contribution is -3.10. The van der Waals surface area contributed by atoms with Crippen LogP contribution in [0.5, 0.6) is 5.75 Å². The molecule has 0 aliphatic rings. The normalized spacial score (nSPS) is 10.9. The maximum absolute atomic E-state index is 6.16. The number of methoxy groups -OCH3 is 1. The fourth-order valence-corrected chi connectivity index (χ4v) is 3.09. The Kier molecular flexibility index (Phi) is 6.71. The first-order valence-electron chi connectivity index (χ1n) is 8.30. The van der Waals surface area contributed by atoms with Crippen LogP contribution in [0.2, 0.25) is 5.02 Å². The highest BCUT2D eigenvalue weighted by molar-refractivity contribution is 6.31. The van der Waals surface area contributed by atoms with Gasteiger partial charge in [-0.2, -0.15) is 0 Å². The van der Waals surface area contributed by atoms with E-state index in [-0.39, 0.29) is 12.4 Å². The summed E-state index contributed by atoms with van der Waals surface area (Å²) in [6.07, 6.45) is 0. The van der Waals surface area contributed by atoms with Crippen LogP contribution in [-0.4, -0.2) is 29.8 Å². The van der Waals surface area contributed by atoms with Crippen molar-refractivity contribution in [2.24, 2.45) is 0 Å². The Bertz CT molecular complexity index is 827. The van der Waals surface area contributed by atoms with Gasteiger partial charge in [0.2, 0.25) is 0 Å². The van der Waals surface area contributed by atoms with E-state index in [4.69, 9.17) is 21.3 Å². The molecule has 4 nitrogen and oxygen atoms in total. The number of fused-ring (bicyclic) bond motifs is 1. The van der Waals surface area contributed by atoms with Gasteiger partial charge in [-0.3, -0.25) is 4.57 Å². The minimum atomic E-state index is 0. The maximum atomic E-state index is 6.16. The number of nitrogens with one attached hydrogen (secondary N) is 1. The van der Waals surface area contributed by atoms with Crippen LogP contribution < -0.4 is 22.0 Å². The van der Waals surface area contributed by atoms with E-state index in [0.29, 0.717) is 5.02 Å². The van der Waals surface area contributed by atoms with Gasteiger partial charge in [0.05, 0.1) is 31.2 Å². The second kappa shape index (κ2) is 8.56. The number of aromatic nitrogens is 2. The van der Waals surface area contributed by atoms with Gasteiger partial charge >= 0.3 is 0 Å². The van der Waals surface area contributed by atoms with Crippen molar-refractivity contribution in [3.63, 3.8) is 0 Å². The van der Waals surface area contributed by atoms with Crippen molar-refractivity contribution in [3.05, 3.63) is 47.5 Å². The van der Waals surface area contributed by atoms with Gasteiger partial charge < -0.3 is 22.0 Å². The van der Waals surface area contributed by atoms with Crippen LogP contribution in [0.4, 0.5) is 0 Å². The predicted octanol–water partition coefficient (Wildman–Crippen LogP) is 0.251. The number of hydrogen-bond acceptors (Lipinski definition) is 2. The Labute approximate surface area is 159 Å². The molecule has 1 heterocycles. The van der Waals surface area contributed by atoms with Crippen LogP contribution >= 0.6 is 11.6 Å². The molecular formula is C19H23Cl2N3O. The predicted molar refractivity (Wildman–Crippen MR) is 98.8 cm³/mol. The molecule has 0 aliphatic heterocycles. The van der Waals surface area contributed by atoms with Crippen LogP contribution in [0.15, 0.2) is 42.5 Å². The summed E-state index contributed by atoms with van der Waals surface area (Å²) in [5.41, 5.74) is 3.12. The second-order valence-corrected chi connectivity index (χ2v) is 6.28. The molecule has 0 amide bonds. The van der Waals surface area contributed by atoms with E-state index in [9.17, 15) is 0 Å². The molecule has 0 bridgehead atoms. The zero-order chi connectivity index (χ0) is 17.1. The zero-order valence-electron chi connectivity index (χ0n) is 14.7. The van der Waals surface area contributed by atoms with Crippen molar-refractivity contribution in [2.45, 2.75) is 20.5 Å². The highest BCUT2D eigenvalue weighted by atomic mass is 35.5. The average molecular weight is 380 g/mol. The van der Waals surface area contributed by atoms with Crippen molar-refractivity contribution < 1.29 is 22.0 Å². The molecule has 1 aromatic heterocycles. The van der Waals surface area contributed by atoms with Gasteiger partial charge in [-0.15, -0.1) is 0 Å². The summed E-state index contributed by atoms with van der Waals surface area (Å²) >= 11 is 6.16. The molecule has 3 rings (SSSR count). The largest absolute Gasteiger partial charge is 1.00 e. The molecule has 0 spiro atoms. The Morgan fingerprint density at radius 1 is 1.08 bits per heavy atom. The fourth-order valence-electron chi connectivity index (χ4n) is 2.92. The Morgan fingerprint density at radius 2 is 1.76 bits per heavy atom. The maximum Gasteiger partial charge on any atom is 0.158 e.